The zero-order chi connectivity index (χ0) is 15.1. The lowest BCUT2D eigenvalue weighted by atomic mass is 10.2. The molecule has 21 heavy (non-hydrogen) atoms. The molecule has 2 aromatic carbocycles. The summed E-state index contributed by atoms with van der Waals surface area (Å²) in [6.07, 6.45) is 0. The molecule has 0 aliphatic rings. The largest absolute Gasteiger partial charge is 0.480 e. The molecule has 0 saturated carbocycles. The van der Waals surface area contributed by atoms with Crippen LogP contribution in [0.2, 0.25) is 0 Å². The van der Waals surface area contributed by atoms with Gasteiger partial charge in [-0.3, -0.25) is 4.79 Å². The molecule has 0 aliphatic heterocycles. The predicted octanol–water partition coefficient (Wildman–Crippen LogP) is 3.68. The molecule has 0 fully saturated rings. The number of benzene rings is 2. The summed E-state index contributed by atoms with van der Waals surface area (Å²) in [7, 11) is 0. The van der Waals surface area contributed by atoms with Crippen LogP contribution in [0.15, 0.2) is 59.5 Å². The Labute approximate surface area is 129 Å². The van der Waals surface area contributed by atoms with Gasteiger partial charge in [0.2, 0.25) is 0 Å². The monoisotopic (exact) mass is 301 g/mol. The molecule has 0 spiro atoms. The summed E-state index contributed by atoms with van der Waals surface area (Å²) in [4.78, 5) is 14.1. The van der Waals surface area contributed by atoms with Crippen LogP contribution in [-0.4, -0.2) is 29.9 Å². The summed E-state index contributed by atoms with van der Waals surface area (Å²) < 4.78 is 0. The zero-order valence-corrected chi connectivity index (χ0v) is 12.8. The van der Waals surface area contributed by atoms with Crippen LogP contribution in [0.25, 0.3) is 0 Å². The first-order chi connectivity index (χ1) is 10.1. The summed E-state index contributed by atoms with van der Waals surface area (Å²) >= 11 is 1.74. The topological polar surface area (TPSA) is 40.5 Å². The Morgan fingerprint density at radius 1 is 1.10 bits per heavy atom. The van der Waals surface area contributed by atoms with Crippen molar-refractivity contribution in [3.05, 3.63) is 60.2 Å². The fraction of sp³-hybridized carbons (Fsp3) is 0.235. The fourth-order valence-electron chi connectivity index (χ4n) is 2.01. The molecule has 0 saturated heterocycles. The predicted molar refractivity (Wildman–Crippen MR) is 88.2 cm³/mol. The van der Waals surface area contributed by atoms with Crippen molar-refractivity contribution in [2.24, 2.45) is 0 Å². The van der Waals surface area contributed by atoms with Crippen molar-refractivity contribution in [2.45, 2.75) is 11.8 Å². The number of aliphatic carboxylic acids is 1. The minimum atomic E-state index is -0.805. The average Bonchev–Trinajstić information content (AvgIpc) is 2.48. The van der Waals surface area contributed by atoms with Crippen molar-refractivity contribution in [1.82, 2.24) is 0 Å². The third-order valence-corrected chi connectivity index (χ3v) is 4.09. The highest BCUT2D eigenvalue weighted by molar-refractivity contribution is 7.99. The van der Waals surface area contributed by atoms with E-state index in [1.165, 1.54) is 10.5 Å². The number of carboxylic acid groups (broad SMARTS) is 1. The van der Waals surface area contributed by atoms with Gasteiger partial charge in [-0.05, 0) is 31.2 Å². The van der Waals surface area contributed by atoms with Crippen molar-refractivity contribution < 1.29 is 9.90 Å². The third kappa shape index (κ3) is 5.16. The lowest BCUT2D eigenvalue weighted by Crippen LogP contribution is -2.31. The summed E-state index contributed by atoms with van der Waals surface area (Å²) in [6.45, 7) is 2.75. The lowest BCUT2D eigenvalue weighted by Gasteiger charge is -2.22. The number of aryl methyl sites for hydroxylation is 1. The number of carboxylic acids is 1. The molecule has 4 heteroatoms. The Morgan fingerprint density at radius 3 is 2.38 bits per heavy atom. The van der Waals surface area contributed by atoms with Gasteiger partial charge in [0.1, 0.15) is 6.54 Å². The van der Waals surface area contributed by atoms with Crippen LogP contribution in [0.4, 0.5) is 5.69 Å². The first kappa shape index (κ1) is 15.4. The molecular weight excluding hydrogens is 282 g/mol. The SMILES string of the molecule is Cc1ccc(N(CCSc2ccccc2)CC(=O)O)cc1. The van der Waals surface area contributed by atoms with E-state index in [1.54, 1.807) is 11.8 Å². The van der Waals surface area contributed by atoms with Gasteiger partial charge in [0.05, 0.1) is 0 Å². The highest BCUT2D eigenvalue weighted by Crippen LogP contribution is 2.19. The van der Waals surface area contributed by atoms with Crippen LogP contribution in [0.5, 0.6) is 0 Å². The zero-order valence-electron chi connectivity index (χ0n) is 12.0. The summed E-state index contributed by atoms with van der Waals surface area (Å²) in [5.41, 5.74) is 2.13. The van der Waals surface area contributed by atoms with Gasteiger partial charge in [0.25, 0.3) is 0 Å². The third-order valence-electron chi connectivity index (χ3n) is 3.10. The van der Waals surface area contributed by atoms with Gasteiger partial charge >= 0.3 is 5.97 Å². The molecule has 1 N–H and O–H groups in total. The Bertz CT molecular complexity index is 569. The van der Waals surface area contributed by atoms with E-state index in [9.17, 15) is 4.79 Å². The molecule has 2 aromatic rings. The lowest BCUT2D eigenvalue weighted by molar-refractivity contribution is -0.135. The van der Waals surface area contributed by atoms with Crippen molar-refractivity contribution in [3.63, 3.8) is 0 Å². The van der Waals surface area contributed by atoms with Gasteiger partial charge in [-0.15, -0.1) is 11.8 Å². The minimum absolute atomic E-state index is 0.0262. The van der Waals surface area contributed by atoms with Crippen molar-refractivity contribution >= 4 is 23.4 Å². The summed E-state index contributed by atoms with van der Waals surface area (Å²) in [5.74, 6) is 0.0471. The molecule has 0 aromatic heterocycles. The second-order valence-corrected chi connectivity index (χ2v) is 5.98. The van der Waals surface area contributed by atoms with Crippen LogP contribution in [-0.2, 0) is 4.79 Å². The Hall–Kier alpha value is -1.94. The molecule has 3 nitrogen and oxygen atoms in total. The highest BCUT2D eigenvalue weighted by Gasteiger charge is 2.10. The van der Waals surface area contributed by atoms with E-state index in [0.717, 1.165) is 11.4 Å². The van der Waals surface area contributed by atoms with Crippen molar-refractivity contribution in [3.8, 4) is 0 Å². The molecule has 0 unspecified atom stereocenters. The molecular formula is C17H19NO2S. The Morgan fingerprint density at radius 2 is 1.76 bits per heavy atom. The van der Waals surface area contributed by atoms with E-state index in [0.29, 0.717) is 6.54 Å². The van der Waals surface area contributed by atoms with Crippen LogP contribution in [0.3, 0.4) is 0 Å². The van der Waals surface area contributed by atoms with Crippen LogP contribution in [0, 0.1) is 6.92 Å². The van der Waals surface area contributed by atoms with Gasteiger partial charge in [-0.1, -0.05) is 35.9 Å². The number of nitrogens with zero attached hydrogens (tertiary/aromatic N) is 1. The number of rotatable bonds is 7. The molecule has 2 rings (SSSR count). The number of hydrogen-bond acceptors (Lipinski definition) is 3. The standard InChI is InChI=1S/C17H19NO2S/c1-14-7-9-15(10-8-14)18(13-17(19)20)11-12-21-16-5-3-2-4-6-16/h2-10H,11-13H2,1H3,(H,19,20). The average molecular weight is 301 g/mol. The molecule has 0 radical (unpaired) electrons. The Kier molecular flexibility index (Phi) is 5.69. The highest BCUT2D eigenvalue weighted by atomic mass is 32.2. The van der Waals surface area contributed by atoms with Crippen LogP contribution in [0.1, 0.15) is 5.56 Å². The summed E-state index contributed by atoms with van der Waals surface area (Å²) in [6, 6.07) is 18.1. The maximum Gasteiger partial charge on any atom is 0.323 e. The maximum absolute atomic E-state index is 11.0. The van der Waals surface area contributed by atoms with Gasteiger partial charge in [0.15, 0.2) is 0 Å². The van der Waals surface area contributed by atoms with Crippen LogP contribution >= 0.6 is 11.8 Å². The van der Waals surface area contributed by atoms with Gasteiger partial charge in [-0.2, -0.15) is 0 Å². The second-order valence-electron chi connectivity index (χ2n) is 4.81. The molecule has 0 amide bonds. The van der Waals surface area contributed by atoms with E-state index < -0.39 is 5.97 Å². The number of hydrogen-bond donors (Lipinski definition) is 1. The molecule has 110 valence electrons. The normalized spacial score (nSPS) is 10.3. The first-order valence-electron chi connectivity index (χ1n) is 6.86. The van der Waals surface area contributed by atoms with E-state index in [1.807, 2.05) is 54.3 Å². The van der Waals surface area contributed by atoms with E-state index in [2.05, 4.69) is 12.1 Å². The molecule has 0 atom stereocenters. The van der Waals surface area contributed by atoms with Gasteiger partial charge in [-0.25, -0.2) is 0 Å². The van der Waals surface area contributed by atoms with E-state index >= 15 is 0 Å². The van der Waals surface area contributed by atoms with E-state index in [-0.39, 0.29) is 6.54 Å². The number of anilines is 1. The number of carbonyl (C=O) groups is 1. The van der Waals surface area contributed by atoms with Gasteiger partial charge in [0, 0.05) is 22.9 Å². The molecule has 0 heterocycles. The fourth-order valence-corrected chi connectivity index (χ4v) is 2.91. The molecule has 0 bridgehead atoms. The minimum Gasteiger partial charge on any atom is -0.480 e. The van der Waals surface area contributed by atoms with E-state index in [4.69, 9.17) is 5.11 Å². The first-order valence-corrected chi connectivity index (χ1v) is 7.85. The van der Waals surface area contributed by atoms with Crippen LogP contribution < -0.4 is 4.90 Å². The van der Waals surface area contributed by atoms with Crippen molar-refractivity contribution in [2.75, 3.05) is 23.7 Å². The van der Waals surface area contributed by atoms with Gasteiger partial charge < -0.3 is 10.0 Å². The summed E-state index contributed by atoms with van der Waals surface area (Å²) in [5, 5.41) is 9.07. The second kappa shape index (κ2) is 7.74. The quantitative estimate of drug-likeness (QED) is 0.792. The number of thioether (sulfide) groups is 1. The maximum atomic E-state index is 11.0. The smallest absolute Gasteiger partial charge is 0.323 e. The molecule has 0 aliphatic carbocycles. The Balaban J connectivity index is 1.96. The van der Waals surface area contributed by atoms with Crippen molar-refractivity contribution in [1.29, 1.82) is 0 Å².